The normalized spacial score (nSPS) is 23.9. The largest absolute Gasteiger partial charge is 0.453 e. The van der Waals surface area contributed by atoms with Gasteiger partial charge < -0.3 is 34.6 Å². The lowest BCUT2D eigenvalue weighted by Gasteiger charge is -2.44. The molecule has 6 aliphatic rings. The molecule has 362 valence electrons. The molecule has 3 saturated heterocycles. The molecule has 2 unspecified atom stereocenters. The summed E-state index contributed by atoms with van der Waals surface area (Å²) in [6, 6.07) is 24.8. The van der Waals surface area contributed by atoms with Crippen LogP contribution in [0.5, 0.6) is 0 Å². The van der Waals surface area contributed by atoms with E-state index in [4.69, 9.17) is 19.4 Å². The molecule has 3 amide bonds. The standard InChI is InChI=1S/C55H58F2N8O5/c1-31(2)47(62-53(68)69-3)51(66)64-30-54(17-18-54)28-46(64)49-58-29-44(61-49)36-11-15-39-38-14-10-34(25-40(38)55(56,57)41(39)26-36)35-12-16-42-43(27-35)60-50(59-42)45-24-32-9-13-37(23-32)65(45)52(67)48(33-7-5-4-6-8-33)63-19-21-70-22-20-63/h4-8,10-12,14-16,25-27,29,31-32,37,45-48H,9,13,17-24,28,30H2,1-3H3,(H,58,61)(H,59,60)(H,62,68)/t32?,37-,45?,46-,47-,48-/m0/s1. The van der Waals surface area contributed by atoms with Gasteiger partial charge >= 0.3 is 6.09 Å². The second-order valence-corrected chi connectivity index (χ2v) is 21.0. The number of methoxy groups -OCH3 is 1. The van der Waals surface area contributed by atoms with Crippen molar-refractivity contribution < 1.29 is 32.6 Å². The molecule has 3 N–H and O–H groups in total. The molecule has 15 heteroatoms. The molecule has 1 spiro atoms. The maximum absolute atomic E-state index is 16.8. The van der Waals surface area contributed by atoms with Gasteiger partial charge in [0.05, 0.1) is 55.3 Å². The van der Waals surface area contributed by atoms with Crippen molar-refractivity contribution in [2.24, 2.45) is 17.3 Å². The number of nitrogens with zero attached hydrogens (tertiary/aromatic N) is 5. The molecule has 70 heavy (non-hydrogen) atoms. The maximum atomic E-state index is 16.8. The first-order valence-electron chi connectivity index (χ1n) is 24.9. The van der Waals surface area contributed by atoms with Crippen LogP contribution in [-0.4, -0.2) is 105 Å². The van der Waals surface area contributed by atoms with E-state index < -0.39 is 24.1 Å². The molecule has 3 aliphatic heterocycles. The average Bonchev–Trinajstić information content (AvgIpc) is 3.86. The second kappa shape index (κ2) is 17.1. The van der Waals surface area contributed by atoms with E-state index in [1.165, 1.54) is 7.11 Å². The van der Waals surface area contributed by atoms with Gasteiger partial charge in [-0.05, 0) is 114 Å². The summed E-state index contributed by atoms with van der Waals surface area (Å²) in [5.41, 5.74) is 5.99. The lowest BCUT2D eigenvalue weighted by molar-refractivity contribution is -0.146. The van der Waals surface area contributed by atoms with Crippen LogP contribution in [-0.2, 0) is 25.0 Å². The second-order valence-electron chi connectivity index (χ2n) is 21.0. The van der Waals surface area contributed by atoms with Crippen LogP contribution in [0.3, 0.4) is 0 Å². The van der Waals surface area contributed by atoms with Crippen LogP contribution in [0.4, 0.5) is 13.6 Å². The quantitative estimate of drug-likeness (QED) is 0.123. The van der Waals surface area contributed by atoms with Gasteiger partial charge in [-0.25, -0.2) is 14.8 Å². The molecule has 5 heterocycles. The Bertz CT molecular complexity index is 3020. The van der Waals surface area contributed by atoms with Gasteiger partial charge in [-0.2, -0.15) is 8.78 Å². The Morgan fingerprint density at radius 1 is 0.829 bits per heavy atom. The van der Waals surface area contributed by atoms with Gasteiger partial charge in [0.25, 0.3) is 5.92 Å². The Kier molecular flexibility index (Phi) is 11.0. The summed E-state index contributed by atoms with van der Waals surface area (Å²) in [5.74, 6) is -1.67. The van der Waals surface area contributed by atoms with Crippen molar-refractivity contribution in [1.82, 2.24) is 40.0 Å². The summed E-state index contributed by atoms with van der Waals surface area (Å²) in [5, 5.41) is 2.72. The summed E-state index contributed by atoms with van der Waals surface area (Å²) in [6.07, 6.45) is 7.63. The zero-order valence-corrected chi connectivity index (χ0v) is 39.7. The van der Waals surface area contributed by atoms with E-state index in [2.05, 4.69) is 37.2 Å². The Balaban J connectivity index is 0.802. The van der Waals surface area contributed by atoms with Crippen molar-refractivity contribution in [3.8, 4) is 33.5 Å². The highest BCUT2D eigenvalue weighted by Gasteiger charge is 2.55. The minimum Gasteiger partial charge on any atom is -0.453 e. The number of hydrogen-bond acceptors (Lipinski definition) is 8. The molecular formula is C55H58F2N8O5. The highest BCUT2D eigenvalue weighted by atomic mass is 19.3. The van der Waals surface area contributed by atoms with Crippen LogP contribution in [0.25, 0.3) is 44.5 Å². The summed E-state index contributed by atoms with van der Waals surface area (Å²) in [7, 11) is 1.27. The average molecular weight is 949 g/mol. The number of hydrogen-bond donors (Lipinski definition) is 3. The van der Waals surface area contributed by atoms with Crippen molar-refractivity contribution in [3.63, 3.8) is 0 Å². The fraction of sp³-hybridized carbons (Fsp3) is 0.436. The molecule has 12 rings (SSSR count). The number of amides is 3. The third kappa shape index (κ3) is 7.67. The van der Waals surface area contributed by atoms with Crippen molar-refractivity contribution in [1.29, 1.82) is 0 Å². The molecule has 6 atom stereocenters. The predicted octanol–water partition coefficient (Wildman–Crippen LogP) is 9.69. The molecule has 0 radical (unpaired) electrons. The van der Waals surface area contributed by atoms with Crippen LogP contribution in [0.15, 0.2) is 91.1 Å². The van der Waals surface area contributed by atoms with E-state index in [9.17, 15) is 9.59 Å². The number of alkyl carbamates (subject to hydrolysis) is 1. The van der Waals surface area contributed by atoms with Gasteiger partial charge in [-0.3, -0.25) is 14.5 Å². The van der Waals surface area contributed by atoms with Crippen molar-refractivity contribution >= 4 is 28.9 Å². The minimum atomic E-state index is -3.27. The number of morpholine rings is 1. The highest BCUT2D eigenvalue weighted by molar-refractivity contribution is 5.89. The number of alkyl halides is 2. The topological polar surface area (TPSA) is 149 Å². The van der Waals surface area contributed by atoms with Gasteiger partial charge in [-0.15, -0.1) is 0 Å². The van der Waals surface area contributed by atoms with Gasteiger partial charge in [0.2, 0.25) is 11.8 Å². The number of fused-ring (bicyclic) bond motifs is 6. The number of carbonyl (C=O) groups excluding carboxylic acids is 3. The highest BCUT2D eigenvalue weighted by Crippen LogP contribution is 2.59. The van der Waals surface area contributed by atoms with Crippen LogP contribution < -0.4 is 5.32 Å². The number of nitrogens with one attached hydrogen (secondary N) is 3. The van der Waals surface area contributed by atoms with E-state index in [0.717, 1.165) is 72.9 Å². The van der Waals surface area contributed by atoms with Crippen molar-refractivity contribution in [2.75, 3.05) is 40.0 Å². The fourth-order valence-corrected chi connectivity index (χ4v) is 12.4. The zero-order chi connectivity index (χ0) is 48.1. The number of carbonyl (C=O) groups is 3. The summed E-state index contributed by atoms with van der Waals surface area (Å²) in [6.45, 7) is 6.88. The van der Waals surface area contributed by atoms with E-state index in [-0.39, 0.29) is 52.4 Å². The Morgan fingerprint density at radius 2 is 1.54 bits per heavy atom. The minimum absolute atomic E-state index is 0.0161. The van der Waals surface area contributed by atoms with Crippen LogP contribution >= 0.6 is 0 Å². The summed E-state index contributed by atoms with van der Waals surface area (Å²) < 4.78 is 44.1. The third-order valence-corrected chi connectivity index (χ3v) is 16.3. The summed E-state index contributed by atoms with van der Waals surface area (Å²) in [4.78, 5) is 64.3. The number of piperidine rings is 1. The van der Waals surface area contributed by atoms with E-state index in [0.29, 0.717) is 72.5 Å². The maximum Gasteiger partial charge on any atom is 0.407 e. The molecule has 13 nitrogen and oxygen atoms in total. The van der Waals surface area contributed by atoms with Crippen molar-refractivity contribution in [2.45, 2.75) is 94.9 Å². The molecular weight excluding hydrogens is 891 g/mol. The SMILES string of the molecule is COC(=O)N[C@H](C(=O)N1CC2(CC2)C[C@H]1c1ncc(-c2ccc3c(c2)C(F)(F)c2cc(-c4ccc5nc(C6CC7CC[C@@H](C7)N6C(=O)[C@H](c6ccccc6)N6CCOCC6)[nH]c5c4)ccc2-3)[nH]1)C(C)C. The van der Waals surface area contributed by atoms with E-state index >= 15 is 13.6 Å². The van der Waals surface area contributed by atoms with Crippen LogP contribution in [0.2, 0.25) is 0 Å². The number of imidazole rings is 2. The van der Waals surface area contributed by atoms with E-state index in [1.54, 1.807) is 30.5 Å². The van der Waals surface area contributed by atoms with Gasteiger partial charge in [-0.1, -0.05) is 74.5 Å². The molecule has 4 aromatic carbocycles. The fourth-order valence-electron chi connectivity index (χ4n) is 12.4. The van der Waals surface area contributed by atoms with Crippen LogP contribution in [0.1, 0.15) is 105 Å². The van der Waals surface area contributed by atoms with Gasteiger partial charge in [0.1, 0.15) is 23.7 Å². The lowest BCUT2D eigenvalue weighted by atomic mass is 9.90. The van der Waals surface area contributed by atoms with Crippen LogP contribution in [0, 0.1) is 17.3 Å². The third-order valence-electron chi connectivity index (χ3n) is 16.3. The first kappa shape index (κ1) is 44.7. The first-order chi connectivity index (χ1) is 33.9. The first-order valence-corrected chi connectivity index (χ1v) is 24.9. The van der Waals surface area contributed by atoms with Gasteiger partial charge in [0, 0.05) is 42.4 Å². The smallest absolute Gasteiger partial charge is 0.407 e. The van der Waals surface area contributed by atoms with E-state index in [1.807, 2.05) is 67.3 Å². The predicted molar refractivity (Wildman–Crippen MR) is 259 cm³/mol. The van der Waals surface area contributed by atoms with Gasteiger partial charge in [0.15, 0.2) is 0 Å². The number of ether oxygens (including phenoxy) is 2. The number of benzene rings is 4. The Hall–Kier alpha value is -6.45. The Labute approximate surface area is 405 Å². The number of aromatic nitrogens is 4. The molecule has 2 saturated carbocycles. The molecule has 2 bridgehead atoms. The van der Waals surface area contributed by atoms with Crippen molar-refractivity contribution in [3.05, 3.63) is 119 Å². The number of H-pyrrole nitrogens is 2. The number of rotatable bonds is 10. The molecule has 3 aliphatic carbocycles. The lowest BCUT2D eigenvalue weighted by Crippen LogP contribution is -2.52. The molecule has 5 fully saturated rings. The monoisotopic (exact) mass is 948 g/mol. The summed E-state index contributed by atoms with van der Waals surface area (Å²) >= 11 is 0. The zero-order valence-electron chi connectivity index (χ0n) is 39.7. The number of aromatic amines is 2. The molecule has 2 aromatic heterocycles. The molecule has 6 aromatic rings. The number of likely N-dealkylation sites (tertiary alicyclic amines) is 2. The Morgan fingerprint density at radius 3 is 2.27 bits per heavy atom. The number of halogens is 2.